The van der Waals surface area contributed by atoms with E-state index in [4.69, 9.17) is 20.8 Å². The Kier molecular flexibility index (Phi) is 7.89. The molecule has 0 radical (unpaired) electrons. The number of carbonyl (C=O) groups excluding carboxylic acids is 1. The maximum atomic E-state index is 13.2. The van der Waals surface area contributed by atoms with Crippen LogP contribution in [0.3, 0.4) is 0 Å². The Morgan fingerprint density at radius 2 is 1.88 bits per heavy atom. The number of nitrogens with zero attached hydrogens (tertiary/aromatic N) is 2. The number of hydrogen-bond donors (Lipinski definition) is 0. The average molecular weight is 560 g/mol. The number of rotatable bonds is 4. The van der Waals surface area contributed by atoms with E-state index in [0.717, 1.165) is 35.3 Å². The molecular weight excluding hydrogens is 520 g/mol. The van der Waals surface area contributed by atoms with E-state index in [1.54, 1.807) is 0 Å². The number of carbonyl (C=O) groups is 1. The third-order valence-electron chi connectivity index (χ3n) is 7.14. The molecule has 2 aliphatic heterocycles. The van der Waals surface area contributed by atoms with Crippen molar-refractivity contribution < 1.29 is 14.0 Å². The van der Waals surface area contributed by atoms with Crippen molar-refractivity contribution in [3.05, 3.63) is 27.2 Å². The molecular formula is C25H40BrClN2O3Si. The summed E-state index contributed by atoms with van der Waals surface area (Å²) in [6, 6.07) is 4.25. The van der Waals surface area contributed by atoms with Crippen LogP contribution in [0.2, 0.25) is 23.2 Å². The van der Waals surface area contributed by atoms with E-state index in [0.29, 0.717) is 13.2 Å². The Hall–Kier alpha value is -0.763. The molecule has 0 bridgehead atoms. The fourth-order valence-electron chi connectivity index (χ4n) is 4.39. The summed E-state index contributed by atoms with van der Waals surface area (Å²) in [7, 11) is -1.93. The van der Waals surface area contributed by atoms with Crippen LogP contribution in [0.4, 0.5) is 10.5 Å². The maximum absolute atomic E-state index is 13.2. The van der Waals surface area contributed by atoms with Crippen LogP contribution in [0.5, 0.6) is 0 Å². The summed E-state index contributed by atoms with van der Waals surface area (Å²) < 4.78 is 13.4. The summed E-state index contributed by atoms with van der Waals surface area (Å²) in [6.07, 6.45) is 2.71. The topological polar surface area (TPSA) is 42.0 Å². The largest absolute Gasteiger partial charge is 0.444 e. The van der Waals surface area contributed by atoms with Crippen molar-refractivity contribution in [3.8, 4) is 0 Å². The summed E-state index contributed by atoms with van der Waals surface area (Å²) in [5.74, 6) is 0. The first-order valence-electron chi connectivity index (χ1n) is 12.0. The summed E-state index contributed by atoms with van der Waals surface area (Å²) >= 11 is 10.1. The predicted octanol–water partition coefficient (Wildman–Crippen LogP) is 7.25. The molecule has 2 heterocycles. The zero-order valence-electron chi connectivity index (χ0n) is 21.4. The second kappa shape index (κ2) is 9.71. The molecule has 1 saturated heterocycles. The molecule has 0 unspecified atom stereocenters. The van der Waals surface area contributed by atoms with Crippen LogP contribution in [0.1, 0.15) is 59.9 Å². The highest BCUT2D eigenvalue weighted by Gasteiger charge is 2.44. The van der Waals surface area contributed by atoms with Crippen LogP contribution in [0.25, 0.3) is 0 Å². The highest BCUT2D eigenvalue weighted by Crippen LogP contribution is 2.41. The van der Waals surface area contributed by atoms with Crippen LogP contribution in [0.15, 0.2) is 16.6 Å². The first kappa shape index (κ1) is 26.8. The van der Waals surface area contributed by atoms with Gasteiger partial charge in [-0.15, -0.1) is 0 Å². The van der Waals surface area contributed by atoms with E-state index in [-0.39, 0.29) is 23.2 Å². The minimum atomic E-state index is -1.93. The van der Waals surface area contributed by atoms with Crippen molar-refractivity contribution in [2.24, 2.45) is 0 Å². The monoisotopic (exact) mass is 558 g/mol. The fourth-order valence-corrected chi connectivity index (χ4v) is 6.53. The van der Waals surface area contributed by atoms with Gasteiger partial charge in [0.25, 0.3) is 0 Å². The van der Waals surface area contributed by atoms with Gasteiger partial charge >= 0.3 is 6.09 Å². The van der Waals surface area contributed by atoms with Gasteiger partial charge in [0.2, 0.25) is 0 Å². The van der Waals surface area contributed by atoms with Gasteiger partial charge in [0.15, 0.2) is 8.32 Å². The predicted molar refractivity (Wildman–Crippen MR) is 143 cm³/mol. The molecule has 2 aliphatic rings. The van der Waals surface area contributed by atoms with Gasteiger partial charge in [0, 0.05) is 28.6 Å². The smallest absolute Gasteiger partial charge is 0.410 e. The van der Waals surface area contributed by atoms with Gasteiger partial charge < -0.3 is 19.0 Å². The third-order valence-corrected chi connectivity index (χ3v) is 12.5. The molecule has 8 heteroatoms. The van der Waals surface area contributed by atoms with Crippen molar-refractivity contribution in [2.75, 3.05) is 24.6 Å². The molecule has 33 heavy (non-hydrogen) atoms. The van der Waals surface area contributed by atoms with Gasteiger partial charge in [-0.2, -0.15) is 0 Å². The minimum absolute atomic E-state index is 0.00423. The van der Waals surface area contributed by atoms with Gasteiger partial charge in [-0.1, -0.05) is 32.4 Å². The molecule has 5 nitrogen and oxygen atoms in total. The van der Waals surface area contributed by atoms with Gasteiger partial charge in [0.1, 0.15) is 5.60 Å². The molecule has 2 atom stereocenters. The van der Waals surface area contributed by atoms with Gasteiger partial charge in [0.05, 0.1) is 18.3 Å². The summed E-state index contributed by atoms with van der Waals surface area (Å²) in [6.45, 7) is 19.2. The third kappa shape index (κ3) is 6.27. The highest BCUT2D eigenvalue weighted by atomic mass is 79.9. The minimum Gasteiger partial charge on any atom is -0.444 e. The van der Waals surface area contributed by atoms with Crippen LogP contribution in [-0.2, 0) is 15.6 Å². The molecule has 0 N–H and O–H groups in total. The quantitative estimate of drug-likeness (QED) is 0.364. The second-order valence-corrected chi connectivity index (χ2v) is 18.0. The van der Waals surface area contributed by atoms with Crippen molar-refractivity contribution in [1.82, 2.24) is 4.90 Å². The number of benzene rings is 1. The Morgan fingerprint density at radius 1 is 1.21 bits per heavy atom. The molecule has 0 aliphatic carbocycles. The SMILES string of the molecule is CC(C)(C)OC(=O)N1C[C@@H](N2CCCc3cc(Cl)cc(Br)c32)C[C@@H]1CO[Si](C)(C)C(C)(C)C. The van der Waals surface area contributed by atoms with E-state index in [1.165, 1.54) is 11.3 Å². The molecule has 1 aromatic rings. The van der Waals surface area contributed by atoms with Crippen molar-refractivity contribution in [3.63, 3.8) is 0 Å². The van der Waals surface area contributed by atoms with E-state index < -0.39 is 13.9 Å². The standard InChI is InChI=1S/C25H40BrClN2O3Si/c1-24(2,3)32-23(30)29-15-19(14-20(29)16-31-33(7,8)25(4,5)6)28-11-9-10-17-12-18(27)13-21(26)22(17)28/h12-13,19-20H,9-11,14-16H2,1-8H3/t19-,20+/m0/s1. The summed E-state index contributed by atoms with van der Waals surface area (Å²) in [4.78, 5) is 17.6. The lowest BCUT2D eigenvalue weighted by Crippen LogP contribution is -2.47. The maximum Gasteiger partial charge on any atom is 0.410 e. The van der Waals surface area contributed by atoms with Crippen LogP contribution < -0.4 is 4.90 Å². The van der Waals surface area contributed by atoms with Crippen molar-refractivity contribution in [1.29, 1.82) is 0 Å². The zero-order chi connectivity index (χ0) is 24.8. The lowest BCUT2D eigenvalue weighted by Gasteiger charge is -2.38. The Morgan fingerprint density at radius 3 is 2.48 bits per heavy atom. The molecule has 1 fully saturated rings. The molecule has 0 saturated carbocycles. The molecule has 1 amide bonds. The summed E-state index contributed by atoms with van der Waals surface area (Å²) in [5, 5.41) is 0.877. The zero-order valence-corrected chi connectivity index (χ0v) is 24.8. The van der Waals surface area contributed by atoms with E-state index in [2.05, 4.69) is 60.8 Å². The van der Waals surface area contributed by atoms with E-state index in [9.17, 15) is 4.79 Å². The van der Waals surface area contributed by atoms with Crippen LogP contribution in [-0.4, -0.2) is 56.7 Å². The average Bonchev–Trinajstić information content (AvgIpc) is 3.08. The summed E-state index contributed by atoms with van der Waals surface area (Å²) in [5.41, 5.74) is 1.95. The lowest BCUT2D eigenvalue weighted by molar-refractivity contribution is 0.0180. The Bertz CT molecular complexity index is 882. The number of anilines is 1. The second-order valence-electron chi connectivity index (χ2n) is 11.9. The fraction of sp³-hybridized carbons (Fsp3) is 0.720. The van der Waals surface area contributed by atoms with Crippen molar-refractivity contribution >= 4 is 47.6 Å². The Labute approximate surface area is 214 Å². The Balaban J connectivity index is 1.85. The molecule has 0 aromatic heterocycles. The lowest BCUT2D eigenvalue weighted by atomic mass is 9.99. The van der Waals surface area contributed by atoms with E-state index >= 15 is 0 Å². The van der Waals surface area contributed by atoms with Crippen LogP contribution >= 0.6 is 27.5 Å². The van der Waals surface area contributed by atoms with E-state index in [1.807, 2.05) is 31.7 Å². The van der Waals surface area contributed by atoms with Crippen molar-refractivity contribution in [2.45, 2.75) is 96.6 Å². The number of amides is 1. The molecule has 3 rings (SSSR count). The number of hydrogen-bond acceptors (Lipinski definition) is 4. The first-order chi connectivity index (χ1) is 15.1. The van der Waals surface area contributed by atoms with Crippen LogP contribution in [0, 0.1) is 0 Å². The normalized spacial score (nSPS) is 21.9. The molecule has 186 valence electrons. The highest BCUT2D eigenvalue weighted by molar-refractivity contribution is 9.10. The molecule has 0 spiro atoms. The number of aryl methyl sites for hydroxylation is 1. The number of ether oxygens (including phenoxy) is 1. The molecule has 1 aromatic carbocycles. The number of fused-ring (bicyclic) bond motifs is 1. The number of likely N-dealkylation sites (tertiary alicyclic amines) is 1. The number of halogens is 2. The first-order valence-corrected chi connectivity index (χ1v) is 16.0. The van der Waals surface area contributed by atoms with Gasteiger partial charge in [-0.3, -0.25) is 0 Å². The van der Waals surface area contributed by atoms with Gasteiger partial charge in [-0.25, -0.2) is 4.79 Å². The van der Waals surface area contributed by atoms with Gasteiger partial charge in [-0.05, 0) is 91.8 Å².